The van der Waals surface area contributed by atoms with Crippen LogP contribution in [0.2, 0.25) is 0 Å². The maximum absolute atomic E-state index is 13.8. The van der Waals surface area contributed by atoms with E-state index in [1.54, 1.807) is 42.5 Å². The predicted octanol–water partition coefficient (Wildman–Crippen LogP) is 5.54. The lowest BCUT2D eigenvalue weighted by molar-refractivity contribution is 0.102. The third-order valence-corrected chi connectivity index (χ3v) is 7.10. The number of carbonyl (C=O) groups is 2. The Hall–Kier alpha value is -3.37. The number of carbonyl (C=O) groups excluding carboxylic acids is 2. The van der Waals surface area contributed by atoms with E-state index in [1.165, 1.54) is 30.3 Å². The average Bonchev–Trinajstić information content (AvgIpc) is 2.83. The van der Waals surface area contributed by atoms with Crippen molar-refractivity contribution in [2.45, 2.75) is 24.7 Å². The molecular formula is C24H24FN3O4S2. The van der Waals surface area contributed by atoms with Crippen molar-refractivity contribution in [2.24, 2.45) is 0 Å². The van der Waals surface area contributed by atoms with Crippen LogP contribution in [0.15, 0.2) is 77.7 Å². The van der Waals surface area contributed by atoms with Gasteiger partial charge in [0.2, 0.25) is 0 Å². The molecule has 0 fully saturated rings. The first-order valence-electron chi connectivity index (χ1n) is 10.5. The van der Waals surface area contributed by atoms with Crippen LogP contribution in [0.4, 0.5) is 26.2 Å². The van der Waals surface area contributed by atoms with Crippen LogP contribution in [0.1, 0.15) is 30.1 Å². The first-order valence-corrected chi connectivity index (χ1v) is 12.6. The highest BCUT2D eigenvalue weighted by atomic mass is 32.2. The van der Waals surface area contributed by atoms with Crippen LogP contribution in [0.25, 0.3) is 0 Å². The van der Waals surface area contributed by atoms with Crippen molar-refractivity contribution >= 4 is 51.7 Å². The number of benzene rings is 3. The lowest BCUT2D eigenvalue weighted by Crippen LogP contribution is -2.26. The molecule has 3 aromatic carbocycles. The molecule has 0 spiro atoms. The van der Waals surface area contributed by atoms with Crippen molar-refractivity contribution in [2.75, 3.05) is 20.7 Å². The minimum atomic E-state index is -3.43. The van der Waals surface area contributed by atoms with Crippen molar-refractivity contribution in [3.05, 3.63) is 84.2 Å². The Bertz CT molecular complexity index is 1280. The highest BCUT2D eigenvalue weighted by Gasteiger charge is 2.17. The maximum Gasteiger partial charge on any atom is 0.336 e. The summed E-state index contributed by atoms with van der Waals surface area (Å²) >= 11 is 4.21. The van der Waals surface area contributed by atoms with Crippen LogP contribution < -0.4 is 14.9 Å². The van der Waals surface area contributed by atoms with E-state index in [0.717, 1.165) is 10.7 Å². The minimum absolute atomic E-state index is 0.0411. The molecule has 2 N–H and O–H groups in total. The quantitative estimate of drug-likeness (QED) is 0.354. The number of urea groups is 1. The van der Waals surface area contributed by atoms with Gasteiger partial charge in [-0.15, -0.1) is 0 Å². The zero-order valence-electron chi connectivity index (χ0n) is 18.4. The molecule has 0 atom stereocenters. The molecule has 0 aliphatic heterocycles. The second kappa shape index (κ2) is 11.2. The molecule has 178 valence electrons. The van der Waals surface area contributed by atoms with E-state index in [1.807, 2.05) is 6.92 Å². The molecule has 0 aliphatic carbocycles. The van der Waals surface area contributed by atoms with Crippen LogP contribution >= 0.6 is 12.8 Å². The second-order valence-electron chi connectivity index (χ2n) is 7.42. The predicted molar refractivity (Wildman–Crippen MR) is 135 cm³/mol. The Morgan fingerprint density at radius 3 is 2.32 bits per heavy atom. The van der Waals surface area contributed by atoms with Crippen molar-refractivity contribution < 1.29 is 22.4 Å². The van der Waals surface area contributed by atoms with Crippen LogP contribution in [0.3, 0.4) is 0 Å². The van der Waals surface area contributed by atoms with Crippen LogP contribution in [-0.2, 0) is 9.84 Å². The number of thiol groups is 1. The van der Waals surface area contributed by atoms with Crippen molar-refractivity contribution in [1.82, 2.24) is 0 Å². The van der Waals surface area contributed by atoms with Gasteiger partial charge in [0.1, 0.15) is 5.82 Å². The van der Waals surface area contributed by atoms with Crippen molar-refractivity contribution in [3.8, 4) is 0 Å². The second-order valence-corrected chi connectivity index (χ2v) is 9.93. The SMILES string of the molecule is CCCCS(=O)(=O)c1cccc(NC(=O)N(S)c2ccc(NC(=O)c3ccccc3F)cc2)c1. The molecule has 3 aromatic rings. The number of anilines is 3. The third kappa shape index (κ3) is 6.36. The average molecular weight is 502 g/mol. The molecule has 3 rings (SSSR count). The number of amides is 3. The molecule has 0 aromatic heterocycles. The number of hydrogen-bond acceptors (Lipinski definition) is 5. The Kier molecular flexibility index (Phi) is 8.30. The summed E-state index contributed by atoms with van der Waals surface area (Å²) in [6, 6.07) is 17.3. The van der Waals surface area contributed by atoms with Gasteiger partial charge in [-0.05, 0) is 61.0 Å². The Morgan fingerprint density at radius 2 is 1.65 bits per heavy atom. The smallest absolute Gasteiger partial charge is 0.322 e. The fourth-order valence-electron chi connectivity index (χ4n) is 3.04. The topological polar surface area (TPSA) is 95.6 Å². The van der Waals surface area contributed by atoms with E-state index in [0.29, 0.717) is 23.5 Å². The number of hydrogen-bond donors (Lipinski definition) is 3. The zero-order chi connectivity index (χ0) is 24.7. The molecule has 0 bridgehead atoms. The fraction of sp³-hybridized carbons (Fsp3) is 0.167. The Labute approximate surface area is 203 Å². The van der Waals surface area contributed by atoms with E-state index < -0.39 is 27.6 Å². The zero-order valence-corrected chi connectivity index (χ0v) is 20.1. The van der Waals surface area contributed by atoms with Gasteiger partial charge >= 0.3 is 6.03 Å². The number of unbranched alkanes of at least 4 members (excludes halogenated alkanes) is 1. The maximum atomic E-state index is 13.8. The molecule has 10 heteroatoms. The molecule has 0 unspecified atom stereocenters. The number of sulfone groups is 1. The van der Waals surface area contributed by atoms with E-state index in [-0.39, 0.29) is 16.2 Å². The molecule has 0 aliphatic rings. The summed E-state index contributed by atoms with van der Waals surface area (Å²) in [4.78, 5) is 25.0. The van der Waals surface area contributed by atoms with E-state index >= 15 is 0 Å². The van der Waals surface area contributed by atoms with Crippen LogP contribution in [-0.4, -0.2) is 26.1 Å². The third-order valence-electron chi connectivity index (χ3n) is 4.89. The first kappa shape index (κ1) is 25.3. The summed E-state index contributed by atoms with van der Waals surface area (Å²) in [6.07, 6.45) is 1.32. The van der Waals surface area contributed by atoms with Crippen molar-refractivity contribution in [1.29, 1.82) is 0 Å². The summed E-state index contributed by atoms with van der Waals surface area (Å²) in [5, 5.41) is 5.21. The monoisotopic (exact) mass is 501 g/mol. The van der Waals surface area contributed by atoms with Crippen molar-refractivity contribution in [3.63, 3.8) is 0 Å². The van der Waals surface area contributed by atoms with E-state index in [9.17, 15) is 22.4 Å². The highest BCUT2D eigenvalue weighted by molar-refractivity contribution is 7.91. The molecule has 34 heavy (non-hydrogen) atoms. The number of nitrogens with zero attached hydrogens (tertiary/aromatic N) is 1. The van der Waals surface area contributed by atoms with Crippen LogP contribution in [0.5, 0.6) is 0 Å². The molecule has 0 radical (unpaired) electrons. The highest BCUT2D eigenvalue weighted by Crippen LogP contribution is 2.23. The summed E-state index contributed by atoms with van der Waals surface area (Å²) in [5.41, 5.74) is 1.04. The summed E-state index contributed by atoms with van der Waals surface area (Å²) in [7, 11) is -3.43. The molecule has 7 nitrogen and oxygen atoms in total. The van der Waals surface area contributed by atoms with Gasteiger partial charge in [-0.1, -0.05) is 44.4 Å². The summed E-state index contributed by atoms with van der Waals surface area (Å²) < 4.78 is 39.6. The number of halogens is 1. The number of nitrogens with one attached hydrogen (secondary N) is 2. The Morgan fingerprint density at radius 1 is 0.941 bits per heavy atom. The van der Waals surface area contributed by atoms with E-state index in [4.69, 9.17) is 0 Å². The van der Waals surface area contributed by atoms with Crippen LogP contribution in [0, 0.1) is 5.82 Å². The summed E-state index contributed by atoms with van der Waals surface area (Å²) in [6.45, 7) is 1.91. The fourth-order valence-corrected chi connectivity index (χ4v) is 4.72. The molecule has 0 saturated carbocycles. The number of rotatable bonds is 8. The molecule has 0 saturated heterocycles. The Balaban J connectivity index is 1.65. The van der Waals surface area contributed by atoms with Gasteiger partial charge in [-0.25, -0.2) is 21.9 Å². The standard InChI is InChI=1S/C24H24FN3O4S2/c1-2-3-15-34(31,32)20-8-6-7-18(16-20)27-24(30)28(33)19-13-11-17(12-14-19)26-23(29)21-9-4-5-10-22(21)25/h4-14,16,33H,2-3,15H2,1H3,(H,26,29)(H,27,30). The lowest BCUT2D eigenvalue weighted by atomic mass is 10.2. The summed E-state index contributed by atoms with van der Waals surface area (Å²) in [5.74, 6) is -1.18. The van der Waals surface area contributed by atoms with Gasteiger partial charge in [-0.3, -0.25) is 4.79 Å². The normalized spacial score (nSPS) is 11.0. The van der Waals surface area contributed by atoms with Gasteiger partial charge in [-0.2, -0.15) is 0 Å². The molecule has 3 amide bonds. The molecular weight excluding hydrogens is 477 g/mol. The minimum Gasteiger partial charge on any atom is -0.322 e. The van der Waals surface area contributed by atoms with E-state index in [2.05, 4.69) is 23.4 Å². The van der Waals surface area contributed by atoms with Gasteiger partial charge in [0, 0.05) is 11.4 Å². The first-order chi connectivity index (χ1) is 16.2. The van der Waals surface area contributed by atoms with Gasteiger partial charge < -0.3 is 10.6 Å². The van der Waals surface area contributed by atoms with Gasteiger partial charge in [0.15, 0.2) is 9.84 Å². The lowest BCUT2D eigenvalue weighted by Gasteiger charge is -2.17. The molecule has 0 heterocycles. The van der Waals surface area contributed by atoms with Gasteiger partial charge in [0.25, 0.3) is 5.91 Å². The van der Waals surface area contributed by atoms with Gasteiger partial charge in [0.05, 0.1) is 21.9 Å². The largest absolute Gasteiger partial charge is 0.336 e.